The second-order valence-electron chi connectivity index (χ2n) is 5.77. The molecule has 1 aliphatic rings. The summed E-state index contributed by atoms with van der Waals surface area (Å²) in [5.74, 6) is -2.15. The summed E-state index contributed by atoms with van der Waals surface area (Å²) in [5, 5.41) is 24.1. The van der Waals surface area contributed by atoms with Crippen molar-refractivity contribution in [3.05, 3.63) is 62.7 Å². The zero-order valence-electron chi connectivity index (χ0n) is 14.7. The molecule has 0 spiro atoms. The fourth-order valence-corrected chi connectivity index (χ4v) is 3.04. The number of methoxy groups -OCH3 is 1. The Labute approximate surface area is 174 Å². The summed E-state index contributed by atoms with van der Waals surface area (Å²) in [5.41, 5.74) is -0.561. The maximum atomic E-state index is 12.9. The smallest absolute Gasteiger partial charge is 0.311 e. The molecule has 29 heavy (non-hydrogen) atoms. The standard InChI is InChI=1S/C18H12ClN3O6S/c1-28-15-8-14(23)9(7-13(15)22(26)27)6-12-16(24)20-18(29)21(17(12)25)11-4-2-10(19)3-5-11/h2-8,23H,1H3,(H,20,24,29)/b12-6+. The Kier molecular flexibility index (Phi) is 5.48. The molecule has 148 valence electrons. The van der Waals surface area contributed by atoms with Crippen LogP contribution in [0.15, 0.2) is 42.0 Å². The third-order valence-corrected chi connectivity index (χ3v) is 4.55. The number of phenols is 1. The number of nitro benzene ring substituents is 1. The van der Waals surface area contributed by atoms with Crippen LogP contribution in [-0.2, 0) is 9.59 Å². The number of nitrogens with one attached hydrogen (secondary N) is 1. The van der Waals surface area contributed by atoms with E-state index in [-0.39, 0.29) is 22.0 Å². The first-order chi connectivity index (χ1) is 13.7. The van der Waals surface area contributed by atoms with E-state index in [9.17, 15) is 24.8 Å². The summed E-state index contributed by atoms with van der Waals surface area (Å²) >= 11 is 10.9. The fraction of sp³-hybridized carbons (Fsp3) is 0.0556. The van der Waals surface area contributed by atoms with Gasteiger partial charge in [-0.2, -0.15) is 0 Å². The predicted octanol–water partition coefficient (Wildman–Crippen LogP) is 2.79. The lowest BCUT2D eigenvalue weighted by Crippen LogP contribution is -2.54. The van der Waals surface area contributed by atoms with Gasteiger partial charge in [-0.3, -0.25) is 29.9 Å². The molecule has 2 aromatic carbocycles. The van der Waals surface area contributed by atoms with Gasteiger partial charge in [-0.05, 0) is 42.6 Å². The van der Waals surface area contributed by atoms with Gasteiger partial charge in [0.05, 0.1) is 17.7 Å². The van der Waals surface area contributed by atoms with E-state index in [1.807, 2.05) is 0 Å². The zero-order valence-corrected chi connectivity index (χ0v) is 16.3. The molecule has 1 heterocycles. The molecule has 1 aliphatic heterocycles. The van der Waals surface area contributed by atoms with Gasteiger partial charge < -0.3 is 9.84 Å². The first kappa shape index (κ1) is 20.2. The summed E-state index contributed by atoms with van der Waals surface area (Å²) < 4.78 is 4.87. The van der Waals surface area contributed by atoms with E-state index in [0.29, 0.717) is 10.7 Å². The first-order valence-electron chi connectivity index (χ1n) is 7.95. The summed E-state index contributed by atoms with van der Waals surface area (Å²) in [6, 6.07) is 8.20. The molecule has 2 amide bonds. The minimum Gasteiger partial charge on any atom is -0.507 e. The molecule has 2 N–H and O–H groups in total. The van der Waals surface area contributed by atoms with E-state index in [1.54, 1.807) is 12.1 Å². The van der Waals surface area contributed by atoms with Gasteiger partial charge in [-0.1, -0.05) is 11.6 Å². The molecule has 1 fully saturated rings. The largest absolute Gasteiger partial charge is 0.507 e. The van der Waals surface area contributed by atoms with Crippen molar-refractivity contribution < 1.29 is 24.4 Å². The molecule has 11 heteroatoms. The van der Waals surface area contributed by atoms with Crippen molar-refractivity contribution >= 4 is 58.2 Å². The van der Waals surface area contributed by atoms with Crippen LogP contribution in [0.3, 0.4) is 0 Å². The maximum absolute atomic E-state index is 12.9. The predicted molar refractivity (Wildman–Crippen MR) is 109 cm³/mol. The summed E-state index contributed by atoms with van der Waals surface area (Å²) in [6.07, 6.45) is 1.05. The third kappa shape index (κ3) is 3.89. The minimum absolute atomic E-state index is 0.111. The number of thiocarbonyl (C=S) groups is 1. The number of phenolic OH excluding ortho intramolecular Hbond substituents is 1. The number of hydrogen-bond acceptors (Lipinski definition) is 7. The molecule has 0 aromatic heterocycles. The minimum atomic E-state index is -0.803. The first-order valence-corrected chi connectivity index (χ1v) is 8.74. The fourth-order valence-electron chi connectivity index (χ4n) is 2.63. The van der Waals surface area contributed by atoms with Crippen molar-refractivity contribution in [3.63, 3.8) is 0 Å². The van der Waals surface area contributed by atoms with Crippen LogP contribution in [-0.4, -0.2) is 34.1 Å². The average molecular weight is 434 g/mol. The maximum Gasteiger partial charge on any atom is 0.311 e. The summed E-state index contributed by atoms with van der Waals surface area (Å²) in [6.45, 7) is 0. The van der Waals surface area contributed by atoms with Crippen LogP contribution in [0.25, 0.3) is 6.08 Å². The molecule has 0 saturated carbocycles. The lowest BCUT2D eigenvalue weighted by Gasteiger charge is -2.29. The number of carbonyl (C=O) groups excluding carboxylic acids is 2. The number of nitrogens with zero attached hydrogens (tertiary/aromatic N) is 2. The molecule has 2 aromatic rings. The van der Waals surface area contributed by atoms with E-state index in [1.165, 1.54) is 19.2 Å². The van der Waals surface area contributed by atoms with Crippen molar-refractivity contribution in [1.29, 1.82) is 0 Å². The quantitative estimate of drug-likeness (QED) is 0.250. The van der Waals surface area contributed by atoms with Crippen molar-refractivity contribution in [3.8, 4) is 11.5 Å². The SMILES string of the molecule is COc1cc(O)c(/C=C2\C(=O)NC(=S)N(c3ccc(Cl)cc3)C2=O)cc1[N+](=O)[O-]. The van der Waals surface area contributed by atoms with Gasteiger partial charge in [0.15, 0.2) is 5.11 Å². The van der Waals surface area contributed by atoms with Gasteiger partial charge in [0.2, 0.25) is 5.75 Å². The number of anilines is 1. The zero-order chi connectivity index (χ0) is 21.3. The Bertz CT molecular complexity index is 1080. The highest BCUT2D eigenvalue weighted by molar-refractivity contribution is 7.80. The number of benzene rings is 2. The van der Waals surface area contributed by atoms with E-state index in [0.717, 1.165) is 23.1 Å². The second-order valence-corrected chi connectivity index (χ2v) is 6.60. The third-order valence-electron chi connectivity index (χ3n) is 4.01. The Morgan fingerprint density at radius 1 is 1.28 bits per heavy atom. The Morgan fingerprint density at radius 3 is 2.52 bits per heavy atom. The number of nitro groups is 1. The Balaban J connectivity index is 2.08. The van der Waals surface area contributed by atoms with Crippen LogP contribution in [0.1, 0.15) is 5.56 Å². The highest BCUT2D eigenvalue weighted by atomic mass is 35.5. The number of halogens is 1. The van der Waals surface area contributed by atoms with Gasteiger partial charge in [0, 0.05) is 22.7 Å². The lowest BCUT2D eigenvalue weighted by molar-refractivity contribution is -0.385. The number of carbonyl (C=O) groups is 2. The Hall–Kier alpha value is -3.50. The molecule has 1 saturated heterocycles. The topological polar surface area (TPSA) is 122 Å². The lowest BCUT2D eigenvalue weighted by atomic mass is 10.0. The number of amides is 2. The number of rotatable bonds is 4. The normalized spacial score (nSPS) is 15.4. The van der Waals surface area contributed by atoms with Crippen LogP contribution >= 0.6 is 23.8 Å². The van der Waals surface area contributed by atoms with Gasteiger partial charge >= 0.3 is 5.69 Å². The van der Waals surface area contributed by atoms with E-state index in [2.05, 4.69) is 5.32 Å². The Morgan fingerprint density at radius 2 is 1.93 bits per heavy atom. The summed E-state index contributed by atoms with van der Waals surface area (Å²) in [4.78, 5) is 36.8. The monoisotopic (exact) mass is 433 g/mol. The van der Waals surface area contributed by atoms with Crippen molar-refractivity contribution in [1.82, 2.24) is 5.32 Å². The van der Waals surface area contributed by atoms with Gasteiger partial charge in [0.25, 0.3) is 11.8 Å². The van der Waals surface area contributed by atoms with Gasteiger partial charge in [0.1, 0.15) is 11.3 Å². The van der Waals surface area contributed by atoms with E-state index in [4.69, 9.17) is 28.6 Å². The molecular weight excluding hydrogens is 422 g/mol. The van der Waals surface area contributed by atoms with Gasteiger partial charge in [-0.25, -0.2) is 0 Å². The number of ether oxygens (including phenoxy) is 1. The number of hydrogen-bond donors (Lipinski definition) is 2. The van der Waals surface area contributed by atoms with Crippen molar-refractivity contribution in [2.75, 3.05) is 12.0 Å². The molecule has 0 unspecified atom stereocenters. The van der Waals surface area contributed by atoms with Crippen LogP contribution in [0.2, 0.25) is 5.02 Å². The average Bonchev–Trinajstić information content (AvgIpc) is 2.67. The van der Waals surface area contributed by atoms with E-state index >= 15 is 0 Å². The second kappa shape index (κ2) is 7.86. The van der Waals surface area contributed by atoms with E-state index < -0.39 is 28.2 Å². The molecule has 0 atom stereocenters. The van der Waals surface area contributed by atoms with Gasteiger partial charge in [-0.15, -0.1) is 0 Å². The van der Waals surface area contributed by atoms with Crippen molar-refractivity contribution in [2.24, 2.45) is 0 Å². The molecule has 0 radical (unpaired) electrons. The molecule has 9 nitrogen and oxygen atoms in total. The summed E-state index contributed by atoms with van der Waals surface area (Å²) in [7, 11) is 1.21. The molecule has 3 rings (SSSR count). The highest BCUT2D eigenvalue weighted by Gasteiger charge is 2.35. The van der Waals surface area contributed by atoms with Crippen LogP contribution < -0.4 is 15.0 Å². The molecule has 0 bridgehead atoms. The molecule has 0 aliphatic carbocycles. The van der Waals surface area contributed by atoms with Crippen LogP contribution in [0, 0.1) is 10.1 Å². The molecular formula is C18H12ClN3O6S. The highest BCUT2D eigenvalue weighted by Crippen LogP contribution is 2.35. The van der Waals surface area contributed by atoms with Crippen molar-refractivity contribution in [2.45, 2.75) is 0 Å². The number of aromatic hydroxyl groups is 1. The van der Waals surface area contributed by atoms with Crippen LogP contribution in [0.5, 0.6) is 11.5 Å². The van der Waals surface area contributed by atoms with Crippen LogP contribution in [0.4, 0.5) is 11.4 Å².